The molecule has 0 aliphatic rings. The second-order valence-electron chi connectivity index (χ2n) is 3.51. The van der Waals surface area contributed by atoms with Gasteiger partial charge in [0.05, 0.1) is 5.54 Å². The lowest BCUT2D eigenvalue weighted by Gasteiger charge is -2.12. The Morgan fingerprint density at radius 2 is 1.92 bits per heavy atom. The molecule has 1 heterocycles. The number of rotatable bonds is 2. The Morgan fingerprint density at radius 1 is 1.33 bits per heavy atom. The van der Waals surface area contributed by atoms with Gasteiger partial charge in [-0.1, -0.05) is 5.10 Å². The lowest BCUT2D eigenvalue weighted by Crippen LogP contribution is -2.29. The first-order chi connectivity index (χ1) is 5.41. The van der Waals surface area contributed by atoms with Crippen LogP contribution in [0.5, 0.6) is 0 Å². The topological polar surface area (TPSA) is 68.2 Å². The van der Waals surface area contributed by atoms with E-state index in [9.17, 15) is 0 Å². The second-order valence-corrected chi connectivity index (χ2v) is 3.51. The molecular formula is C7H14N4O. The van der Waals surface area contributed by atoms with Crippen LogP contribution in [-0.4, -0.2) is 24.3 Å². The van der Waals surface area contributed by atoms with Crippen LogP contribution in [-0.2, 0) is 5.54 Å². The zero-order chi connectivity index (χ0) is 9.35. The summed E-state index contributed by atoms with van der Waals surface area (Å²) >= 11 is 0. The first-order valence-electron chi connectivity index (χ1n) is 3.71. The molecule has 0 saturated heterocycles. The molecule has 0 aliphatic heterocycles. The van der Waals surface area contributed by atoms with Gasteiger partial charge in [-0.3, -0.25) is 0 Å². The molecule has 0 aliphatic carbocycles. The maximum atomic E-state index is 5.76. The molecule has 0 bridgehead atoms. The summed E-state index contributed by atoms with van der Waals surface area (Å²) in [6, 6.07) is 0.475. The third-order valence-corrected chi connectivity index (χ3v) is 1.35. The summed E-state index contributed by atoms with van der Waals surface area (Å²) in [6.45, 7) is 3.64. The highest BCUT2D eigenvalue weighted by Crippen LogP contribution is 2.17. The molecular weight excluding hydrogens is 156 g/mol. The molecule has 0 aromatic carbocycles. The minimum absolute atomic E-state index is 0.450. The molecule has 1 rings (SSSR count). The normalized spacial score (nSPS) is 11.8. The maximum Gasteiger partial charge on any atom is 0.317 e. The van der Waals surface area contributed by atoms with Crippen molar-refractivity contribution in [2.24, 2.45) is 5.73 Å². The van der Waals surface area contributed by atoms with Gasteiger partial charge < -0.3 is 15.1 Å². The number of aromatic nitrogens is 2. The molecule has 2 N–H and O–H groups in total. The molecule has 0 atom stereocenters. The molecule has 1 aromatic rings. The first kappa shape index (κ1) is 8.99. The van der Waals surface area contributed by atoms with E-state index in [1.54, 1.807) is 4.90 Å². The average Bonchev–Trinajstić information content (AvgIpc) is 2.30. The third kappa shape index (κ3) is 1.73. The van der Waals surface area contributed by atoms with Gasteiger partial charge in [-0.05, 0) is 13.8 Å². The van der Waals surface area contributed by atoms with Gasteiger partial charge in [0, 0.05) is 14.1 Å². The minimum atomic E-state index is -0.568. The highest BCUT2D eigenvalue weighted by Gasteiger charge is 2.22. The molecule has 68 valence electrons. The summed E-state index contributed by atoms with van der Waals surface area (Å²) in [5, 5.41) is 7.64. The maximum absolute atomic E-state index is 5.76. The molecule has 12 heavy (non-hydrogen) atoms. The van der Waals surface area contributed by atoms with Crippen LogP contribution in [0, 0.1) is 0 Å². The fraction of sp³-hybridized carbons (Fsp3) is 0.714. The highest BCUT2D eigenvalue weighted by molar-refractivity contribution is 5.20. The zero-order valence-electron chi connectivity index (χ0n) is 7.83. The van der Waals surface area contributed by atoms with E-state index in [1.807, 2.05) is 27.9 Å². The van der Waals surface area contributed by atoms with E-state index in [4.69, 9.17) is 10.2 Å². The van der Waals surface area contributed by atoms with Crippen molar-refractivity contribution in [3.63, 3.8) is 0 Å². The largest absolute Gasteiger partial charge is 0.406 e. The Balaban J connectivity index is 2.92. The van der Waals surface area contributed by atoms with E-state index >= 15 is 0 Å². The van der Waals surface area contributed by atoms with Crippen molar-refractivity contribution in [2.45, 2.75) is 19.4 Å². The smallest absolute Gasteiger partial charge is 0.317 e. The van der Waals surface area contributed by atoms with E-state index in [1.165, 1.54) is 0 Å². The number of hydrogen-bond acceptors (Lipinski definition) is 5. The summed E-state index contributed by atoms with van der Waals surface area (Å²) < 4.78 is 5.29. The Hall–Kier alpha value is -1.10. The summed E-state index contributed by atoms with van der Waals surface area (Å²) in [6.07, 6.45) is 0. The third-order valence-electron chi connectivity index (χ3n) is 1.35. The molecule has 0 spiro atoms. The van der Waals surface area contributed by atoms with Crippen LogP contribution in [0.15, 0.2) is 4.42 Å². The lowest BCUT2D eigenvalue weighted by molar-refractivity contribution is 0.380. The quantitative estimate of drug-likeness (QED) is 0.692. The van der Waals surface area contributed by atoms with Crippen LogP contribution in [0.4, 0.5) is 6.01 Å². The van der Waals surface area contributed by atoms with Gasteiger partial charge in [0.1, 0.15) is 0 Å². The van der Waals surface area contributed by atoms with E-state index in [-0.39, 0.29) is 0 Å². The Kier molecular flexibility index (Phi) is 2.06. The zero-order valence-corrected chi connectivity index (χ0v) is 7.83. The van der Waals surface area contributed by atoms with Gasteiger partial charge >= 0.3 is 6.01 Å². The second kappa shape index (κ2) is 2.75. The Morgan fingerprint density at radius 3 is 2.17 bits per heavy atom. The van der Waals surface area contributed by atoms with Crippen LogP contribution in [0.3, 0.4) is 0 Å². The molecule has 5 heteroatoms. The van der Waals surface area contributed by atoms with Crippen LogP contribution < -0.4 is 10.6 Å². The summed E-state index contributed by atoms with van der Waals surface area (Å²) in [4.78, 5) is 1.74. The Bertz CT molecular complexity index is 261. The average molecular weight is 170 g/mol. The molecule has 1 aromatic heterocycles. The van der Waals surface area contributed by atoms with Crippen LogP contribution >= 0.6 is 0 Å². The van der Waals surface area contributed by atoms with Crippen molar-refractivity contribution in [3.05, 3.63) is 5.89 Å². The molecule has 0 radical (unpaired) electrons. The van der Waals surface area contributed by atoms with Gasteiger partial charge in [0.2, 0.25) is 5.89 Å². The van der Waals surface area contributed by atoms with Crippen molar-refractivity contribution >= 4 is 6.01 Å². The van der Waals surface area contributed by atoms with Crippen molar-refractivity contribution < 1.29 is 4.42 Å². The molecule has 5 nitrogen and oxygen atoms in total. The van der Waals surface area contributed by atoms with Gasteiger partial charge in [-0.25, -0.2) is 0 Å². The Labute approximate surface area is 71.6 Å². The van der Waals surface area contributed by atoms with E-state index < -0.39 is 5.54 Å². The fourth-order valence-corrected chi connectivity index (χ4v) is 0.657. The van der Waals surface area contributed by atoms with E-state index in [2.05, 4.69) is 10.2 Å². The van der Waals surface area contributed by atoms with Gasteiger partial charge in [0.15, 0.2) is 0 Å². The molecule has 0 unspecified atom stereocenters. The predicted molar refractivity (Wildman–Crippen MR) is 45.8 cm³/mol. The molecule has 0 amide bonds. The minimum Gasteiger partial charge on any atom is -0.406 e. The van der Waals surface area contributed by atoms with Crippen LogP contribution in [0.1, 0.15) is 19.7 Å². The predicted octanol–water partition coefficient (Wildman–Crippen LogP) is 0.329. The SMILES string of the molecule is CN(C)c1nnc(C(C)(C)N)o1. The van der Waals surface area contributed by atoms with Crippen molar-refractivity contribution in [3.8, 4) is 0 Å². The fourth-order valence-electron chi connectivity index (χ4n) is 0.657. The van der Waals surface area contributed by atoms with Gasteiger partial charge in [0.25, 0.3) is 0 Å². The van der Waals surface area contributed by atoms with E-state index in [0.717, 1.165) is 0 Å². The number of nitrogens with two attached hydrogens (primary N) is 1. The van der Waals surface area contributed by atoms with Crippen molar-refractivity contribution in [1.29, 1.82) is 0 Å². The molecule has 0 fully saturated rings. The number of nitrogens with zero attached hydrogens (tertiary/aromatic N) is 3. The standard InChI is InChI=1S/C7H14N4O/c1-7(2,8)5-9-10-6(12-5)11(3)4/h8H2,1-4H3. The summed E-state index contributed by atoms with van der Waals surface area (Å²) in [7, 11) is 3.67. The summed E-state index contributed by atoms with van der Waals surface area (Å²) in [5.74, 6) is 0.450. The van der Waals surface area contributed by atoms with Crippen LogP contribution in [0.25, 0.3) is 0 Å². The summed E-state index contributed by atoms with van der Waals surface area (Å²) in [5.41, 5.74) is 5.19. The van der Waals surface area contributed by atoms with Gasteiger partial charge in [-0.15, -0.1) is 5.10 Å². The highest BCUT2D eigenvalue weighted by atomic mass is 16.4. The lowest BCUT2D eigenvalue weighted by atomic mass is 10.1. The van der Waals surface area contributed by atoms with Crippen molar-refractivity contribution in [1.82, 2.24) is 10.2 Å². The van der Waals surface area contributed by atoms with Crippen molar-refractivity contribution in [2.75, 3.05) is 19.0 Å². The van der Waals surface area contributed by atoms with Gasteiger partial charge in [-0.2, -0.15) is 0 Å². The molecule has 0 saturated carbocycles. The monoisotopic (exact) mass is 170 g/mol. The number of anilines is 1. The first-order valence-corrected chi connectivity index (χ1v) is 3.71. The van der Waals surface area contributed by atoms with E-state index in [0.29, 0.717) is 11.9 Å². The van der Waals surface area contributed by atoms with Crippen LogP contribution in [0.2, 0.25) is 0 Å². The number of hydrogen-bond donors (Lipinski definition) is 1.